The SMILES string of the molecule is O=C(N/N=C\c1cc(C(F)(F)F)c2ncccc2c1)C1CC1c1ccccc1. The molecule has 7 heteroatoms. The molecule has 1 amide bonds. The van der Waals surface area contributed by atoms with Gasteiger partial charge in [-0.1, -0.05) is 36.4 Å². The first-order valence-corrected chi connectivity index (χ1v) is 8.77. The van der Waals surface area contributed by atoms with Crippen LogP contribution in [0.4, 0.5) is 13.2 Å². The lowest BCUT2D eigenvalue weighted by Crippen LogP contribution is -2.20. The molecule has 142 valence electrons. The first kappa shape index (κ1) is 18.2. The molecule has 1 aliphatic rings. The summed E-state index contributed by atoms with van der Waals surface area (Å²) in [6.45, 7) is 0. The molecule has 1 saturated carbocycles. The quantitative estimate of drug-likeness (QED) is 0.532. The van der Waals surface area contributed by atoms with Crippen molar-refractivity contribution < 1.29 is 18.0 Å². The van der Waals surface area contributed by atoms with E-state index in [9.17, 15) is 18.0 Å². The fourth-order valence-corrected chi connectivity index (χ4v) is 3.31. The number of nitrogens with one attached hydrogen (secondary N) is 1. The zero-order chi connectivity index (χ0) is 19.7. The number of carbonyl (C=O) groups is 1. The highest BCUT2D eigenvalue weighted by atomic mass is 19.4. The Labute approximate surface area is 159 Å². The topological polar surface area (TPSA) is 54.4 Å². The molecule has 2 atom stereocenters. The first-order valence-electron chi connectivity index (χ1n) is 8.77. The summed E-state index contributed by atoms with van der Waals surface area (Å²) in [4.78, 5) is 16.0. The number of amides is 1. The Morgan fingerprint density at radius 1 is 1.14 bits per heavy atom. The number of hydrazone groups is 1. The third-order valence-electron chi connectivity index (χ3n) is 4.78. The Kier molecular flexibility index (Phi) is 4.58. The number of benzene rings is 2. The number of aromatic nitrogens is 1. The number of hydrogen-bond acceptors (Lipinski definition) is 3. The number of rotatable bonds is 4. The smallest absolute Gasteiger partial charge is 0.273 e. The summed E-state index contributed by atoms with van der Waals surface area (Å²) in [5.74, 6) is -0.227. The molecule has 1 heterocycles. The van der Waals surface area contributed by atoms with E-state index in [1.807, 2.05) is 30.3 Å². The Bertz CT molecular complexity index is 1050. The molecule has 0 saturated heterocycles. The van der Waals surface area contributed by atoms with Crippen LogP contribution < -0.4 is 5.43 Å². The van der Waals surface area contributed by atoms with E-state index in [2.05, 4.69) is 15.5 Å². The largest absolute Gasteiger partial charge is 0.418 e. The highest BCUT2D eigenvalue weighted by molar-refractivity contribution is 5.91. The van der Waals surface area contributed by atoms with Gasteiger partial charge in [0, 0.05) is 17.5 Å². The van der Waals surface area contributed by atoms with Crippen molar-refractivity contribution in [2.24, 2.45) is 11.0 Å². The maximum absolute atomic E-state index is 13.3. The number of alkyl halides is 3. The van der Waals surface area contributed by atoms with Gasteiger partial charge in [-0.25, -0.2) is 5.43 Å². The van der Waals surface area contributed by atoms with E-state index in [-0.39, 0.29) is 28.8 Å². The third kappa shape index (κ3) is 3.74. The zero-order valence-electron chi connectivity index (χ0n) is 14.6. The van der Waals surface area contributed by atoms with Crippen LogP contribution >= 0.6 is 0 Å². The zero-order valence-corrected chi connectivity index (χ0v) is 14.6. The molecule has 0 bridgehead atoms. The van der Waals surface area contributed by atoms with Crippen molar-refractivity contribution in [3.8, 4) is 0 Å². The Morgan fingerprint density at radius 3 is 2.68 bits per heavy atom. The lowest BCUT2D eigenvalue weighted by atomic mass is 10.1. The van der Waals surface area contributed by atoms with Crippen molar-refractivity contribution >= 4 is 23.0 Å². The van der Waals surface area contributed by atoms with Crippen LogP contribution in [0.25, 0.3) is 10.9 Å². The average molecular weight is 383 g/mol. The number of halogens is 3. The molecular formula is C21H16F3N3O. The van der Waals surface area contributed by atoms with Crippen molar-refractivity contribution in [1.29, 1.82) is 0 Å². The summed E-state index contributed by atoms with van der Waals surface area (Å²) in [5.41, 5.74) is 2.83. The highest BCUT2D eigenvalue weighted by Crippen LogP contribution is 2.47. The van der Waals surface area contributed by atoms with Gasteiger partial charge in [0.2, 0.25) is 5.91 Å². The second-order valence-corrected chi connectivity index (χ2v) is 6.73. The van der Waals surface area contributed by atoms with Crippen molar-refractivity contribution in [2.45, 2.75) is 18.5 Å². The second kappa shape index (κ2) is 7.07. The average Bonchev–Trinajstić information content (AvgIpc) is 3.48. The van der Waals surface area contributed by atoms with Crippen LogP contribution in [-0.4, -0.2) is 17.1 Å². The van der Waals surface area contributed by atoms with Crippen LogP contribution in [0.15, 0.2) is 65.9 Å². The van der Waals surface area contributed by atoms with Crippen molar-refractivity contribution in [2.75, 3.05) is 0 Å². The third-order valence-corrected chi connectivity index (χ3v) is 4.78. The van der Waals surface area contributed by atoms with E-state index >= 15 is 0 Å². The van der Waals surface area contributed by atoms with Gasteiger partial charge in [0.15, 0.2) is 0 Å². The van der Waals surface area contributed by atoms with E-state index in [4.69, 9.17) is 0 Å². The lowest BCUT2D eigenvalue weighted by molar-refractivity contribution is -0.136. The van der Waals surface area contributed by atoms with Crippen LogP contribution in [0.5, 0.6) is 0 Å². The highest BCUT2D eigenvalue weighted by Gasteiger charge is 2.43. The minimum atomic E-state index is -4.53. The Morgan fingerprint density at radius 2 is 1.93 bits per heavy atom. The van der Waals surface area contributed by atoms with E-state index < -0.39 is 11.7 Å². The molecule has 1 aliphatic carbocycles. The van der Waals surface area contributed by atoms with Gasteiger partial charge in [0.05, 0.1) is 17.3 Å². The lowest BCUT2D eigenvalue weighted by Gasteiger charge is -2.10. The van der Waals surface area contributed by atoms with E-state index in [0.717, 1.165) is 18.1 Å². The van der Waals surface area contributed by atoms with Crippen molar-refractivity contribution in [1.82, 2.24) is 10.4 Å². The van der Waals surface area contributed by atoms with E-state index in [1.54, 1.807) is 18.2 Å². The molecule has 3 aromatic rings. The van der Waals surface area contributed by atoms with E-state index in [1.165, 1.54) is 12.4 Å². The molecule has 0 radical (unpaired) electrons. The summed E-state index contributed by atoms with van der Waals surface area (Å²) in [6.07, 6.45) is -1.24. The standard InChI is InChI=1S/C21H16F3N3O/c22-21(23,24)18-10-13(9-15-7-4-8-25-19(15)18)12-26-27-20(28)17-11-16(17)14-5-2-1-3-6-14/h1-10,12,16-17H,11H2,(H,27,28)/b26-12-. The Hall–Kier alpha value is -3.22. The maximum atomic E-state index is 13.3. The van der Waals surface area contributed by atoms with Crippen LogP contribution in [-0.2, 0) is 11.0 Å². The molecule has 2 aromatic carbocycles. The van der Waals surface area contributed by atoms with E-state index in [0.29, 0.717) is 5.39 Å². The normalized spacial score (nSPS) is 19.1. The summed E-state index contributed by atoms with van der Waals surface area (Å²) < 4.78 is 39.9. The van der Waals surface area contributed by atoms with Gasteiger partial charge in [-0.15, -0.1) is 0 Å². The first-order chi connectivity index (χ1) is 13.4. The van der Waals surface area contributed by atoms with Gasteiger partial charge >= 0.3 is 6.18 Å². The monoisotopic (exact) mass is 383 g/mol. The Balaban J connectivity index is 1.48. The molecule has 4 nitrogen and oxygen atoms in total. The van der Waals surface area contributed by atoms with Crippen LogP contribution in [0, 0.1) is 5.92 Å². The molecule has 0 spiro atoms. The molecule has 1 aromatic heterocycles. The number of fused-ring (bicyclic) bond motifs is 1. The molecule has 4 rings (SSSR count). The van der Waals surface area contributed by atoms with Gasteiger partial charge in [-0.2, -0.15) is 18.3 Å². The van der Waals surface area contributed by atoms with Crippen LogP contribution in [0.3, 0.4) is 0 Å². The molecule has 0 aliphatic heterocycles. The summed E-state index contributed by atoms with van der Waals surface area (Å²) in [5, 5.41) is 4.21. The van der Waals surface area contributed by atoms with Gasteiger partial charge in [-0.05, 0) is 41.7 Å². The fourth-order valence-electron chi connectivity index (χ4n) is 3.31. The molecule has 1 fully saturated rings. The number of nitrogens with zero attached hydrogens (tertiary/aromatic N) is 2. The minimum Gasteiger partial charge on any atom is -0.273 e. The molecule has 1 N–H and O–H groups in total. The number of carbonyl (C=O) groups excluding carboxylic acids is 1. The summed E-state index contributed by atoms with van der Waals surface area (Å²) >= 11 is 0. The minimum absolute atomic E-state index is 0.111. The van der Waals surface area contributed by atoms with Crippen LogP contribution in [0.1, 0.15) is 29.0 Å². The van der Waals surface area contributed by atoms with Gasteiger partial charge in [-0.3, -0.25) is 9.78 Å². The summed E-state index contributed by atoms with van der Waals surface area (Å²) in [6, 6.07) is 15.4. The fraction of sp³-hybridized carbons (Fsp3) is 0.190. The second-order valence-electron chi connectivity index (χ2n) is 6.73. The predicted molar refractivity (Wildman–Crippen MR) is 99.8 cm³/mol. The van der Waals surface area contributed by atoms with Gasteiger partial charge in [0.25, 0.3) is 0 Å². The van der Waals surface area contributed by atoms with Crippen molar-refractivity contribution in [3.63, 3.8) is 0 Å². The predicted octanol–water partition coefficient (Wildman–Crippen LogP) is 4.51. The van der Waals surface area contributed by atoms with Gasteiger partial charge in [0.1, 0.15) is 0 Å². The maximum Gasteiger partial charge on any atom is 0.418 e. The molecular weight excluding hydrogens is 367 g/mol. The molecule has 2 unspecified atom stereocenters. The van der Waals surface area contributed by atoms with Crippen molar-refractivity contribution in [3.05, 3.63) is 77.5 Å². The number of pyridine rings is 1. The molecule has 28 heavy (non-hydrogen) atoms. The van der Waals surface area contributed by atoms with Gasteiger partial charge < -0.3 is 0 Å². The number of hydrogen-bond donors (Lipinski definition) is 1. The summed E-state index contributed by atoms with van der Waals surface area (Å²) in [7, 11) is 0. The van der Waals surface area contributed by atoms with Crippen LogP contribution in [0.2, 0.25) is 0 Å².